The SMILES string of the molecule is CCNC(C)c1cccc(SCc2noc(C3CC3)n2)c1. The molecule has 1 unspecified atom stereocenters. The van der Waals surface area contributed by atoms with Crippen LogP contribution in [0.1, 0.15) is 55.9 Å². The van der Waals surface area contributed by atoms with Crippen molar-refractivity contribution in [3.8, 4) is 0 Å². The summed E-state index contributed by atoms with van der Waals surface area (Å²) in [7, 11) is 0. The van der Waals surface area contributed by atoms with Crippen molar-refractivity contribution in [3.63, 3.8) is 0 Å². The van der Waals surface area contributed by atoms with Crippen molar-refractivity contribution in [1.29, 1.82) is 0 Å². The minimum atomic E-state index is 0.377. The fourth-order valence-corrected chi connectivity index (χ4v) is 3.08. The number of rotatable bonds is 7. The molecule has 0 aliphatic heterocycles. The number of hydrogen-bond acceptors (Lipinski definition) is 5. The predicted molar refractivity (Wildman–Crippen MR) is 84.4 cm³/mol. The lowest BCUT2D eigenvalue weighted by molar-refractivity contribution is 0.375. The molecule has 0 spiro atoms. The quantitative estimate of drug-likeness (QED) is 0.786. The number of nitrogens with one attached hydrogen (secondary N) is 1. The van der Waals surface area contributed by atoms with Crippen molar-refractivity contribution < 1.29 is 4.52 Å². The van der Waals surface area contributed by atoms with E-state index in [2.05, 4.69) is 53.6 Å². The van der Waals surface area contributed by atoms with E-state index in [1.807, 2.05) is 0 Å². The summed E-state index contributed by atoms with van der Waals surface area (Å²) >= 11 is 1.76. The monoisotopic (exact) mass is 303 g/mol. The molecule has 0 radical (unpaired) electrons. The van der Waals surface area contributed by atoms with Crippen LogP contribution in [0.5, 0.6) is 0 Å². The van der Waals surface area contributed by atoms with Gasteiger partial charge in [-0.3, -0.25) is 0 Å². The average molecular weight is 303 g/mol. The summed E-state index contributed by atoms with van der Waals surface area (Å²) in [5.41, 5.74) is 1.31. The first-order chi connectivity index (χ1) is 10.3. The van der Waals surface area contributed by atoms with Gasteiger partial charge in [0.05, 0.1) is 5.75 Å². The Hall–Kier alpha value is -1.33. The molecule has 1 fully saturated rings. The van der Waals surface area contributed by atoms with Gasteiger partial charge in [0.1, 0.15) is 0 Å². The first kappa shape index (κ1) is 14.6. The number of benzene rings is 1. The molecule has 3 rings (SSSR count). The van der Waals surface area contributed by atoms with E-state index in [1.165, 1.54) is 23.3 Å². The molecule has 1 heterocycles. The van der Waals surface area contributed by atoms with Gasteiger partial charge >= 0.3 is 0 Å². The lowest BCUT2D eigenvalue weighted by Gasteiger charge is -2.13. The molecule has 0 amide bonds. The Morgan fingerprint density at radius 1 is 1.43 bits per heavy atom. The van der Waals surface area contributed by atoms with Crippen molar-refractivity contribution in [3.05, 3.63) is 41.5 Å². The fraction of sp³-hybridized carbons (Fsp3) is 0.500. The van der Waals surface area contributed by atoms with Gasteiger partial charge in [-0.25, -0.2) is 0 Å². The number of hydrogen-bond donors (Lipinski definition) is 1. The zero-order chi connectivity index (χ0) is 14.7. The Morgan fingerprint density at radius 3 is 3.05 bits per heavy atom. The summed E-state index contributed by atoms with van der Waals surface area (Å²) in [5, 5.41) is 7.50. The molecule has 1 saturated carbocycles. The maximum atomic E-state index is 5.29. The van der Waals surface area contributed by atoms with Crippen LogP contribution in [-0.2, 0) is 5.75 Å². The molecule has 112 valence electrons. The highest BCUT2D eigenvalue weighted by Crippen LogP contribution is 2.39. The lowest BCUT2D eigenvalue weighted by atomic mass is 10.1. The van der Waals surface area contributed by atoms with Crippen LogP contribution in [0, 0.1) is 0 Å². The Labute approximate surface area is 129 Å². The van der Waals surface area contributed by atoms with Gasteiger partial charge in [-0.2, -0.15) is 4.98 Å². The van der Waals surface area contributed by atoms with Crippen molar-refractivity contribution >= 4 is 11.8 Å². The van der Waals surface area contributed by atoms with Gasteiger partial charge in [0.25, 0.3) is 0 Å². The smallest absolute Gasteiger partial charge is 0.229 e. The van der Waals surface area contributed by atoms with Crippen molar-refractivity contribution in [1.82, 2.24) is 15.5 Å². The van der Waals surface area contributed by atoms with Crippen LogP contribution >= 0.6 is 11.8 Å². The van der Waals surface area contributed by atoms with Crippen LogP contribution in [0.4, 0.5) is 0 Å². The maximum Gasteiger partial charge on any atom is 0.229 e. The van der Waals surface area contributed by atoms with Crippen molar-refractivity contribution in [2.75, 3.05) is 6.54 Å². The second-order valence-corrected chi connectivity index (χ2v) is 6.51. The van der Waals surface area contributed by atoms with E-state index in [-0.39, 0.29) is 0 Å². The summed E-state index contributed by atoms with van der Waals surface area (Å²) in [6.45, 7) is 5.29. The third-order valence-electron chi connectivity index (χ3n) is 3.65. The van der Waals surface area contributed by atoms with Gasteiger partial charge in [-0.15, -0.1) is 11.8 Å². The van der Waals surface area contributed by atoms with Gasteiger partial charge in [0.2, 0.25) is 5.89 Å². The first-order valence-electron chi connectivity index (χ1n) is 7.55. The van der Waals surface area contributed by atoms with E-state index in [9.17, 15) is 0 Å². The largest absolute Gasteiger partial charge is 0.339 e. The third-order valence-corrected chi connectivity index (χ3v) is 4.64. The van der Waals surface area contributed by atoms with E-state index in [0.29, 0.717) is 12.0 Å². The minimum absolute atomic E-state index is 0.377. The molecule has 21 heavy (non-hydrogen) atoms. The first-order valence-corrected chi connectivity index (χ1v) is 8.53. The van der Waals surface area contributed by atoms with Gasteiger partial charge in [-0.05, 0) is 44.0 Å². The summed E-state index contributed by atoms with van der Waals surface area (Å²) in [4.78, 5) is 5.71. The molecule has 1 aliphatic rings. The van der Waals surface area contributed by atoms with Crippen molar-refractivity contribution in [2.24, 2.45) is 0 Å². The Bertz CT molecular complexity index is 595. The van der Waals surface area contributed by atoms with Crippen LogP contribution in [0.2, 0.25) is 0 Å². The van der Waals surface area contributed by atoms with E-state index in [1.54, 1.807) is 11.8 Å². The van der Waals surface area contributed by atoms with E-state index in [0.717, 1.165) is 24.0 Å². The minimum Gasteiger partial charge on any atom is -0.339 e. The normalized spacial score (nSPS) is 16.1. The van der Waals surface area contributed by atoms with Crippen LogP contribution < -0.4 is 5.32 Å². The molecule has 0 saturated heterocycles. The summed E-state index contributed by atoms with van der Waals surface area (Å²) in [6, 6.07) is 9.02. The number of nitrogens with zero attached hydrogens (tertiary/aromatic N) is 2. The van der Waals surface area contributed by atoms with Gasteiger partial charge in [0, 0.05) is 16.9 Å². The summed E-state index contributed by atoms with van der Waals surface area (Å²) < 4.78 is 5.29. The highest BCUT2D eigenvalue weighted by molar-refractivity contribution is 7.98. The highest BCUT2D eigenvalue weighted by atomic mass is 32.2. The van der Waals surface area contributed by atoms with E-state index in [4.69, 9.17) is 4.52 Å². The molecule has 5 heteroatoms. The highest BCUT2D eigenvalue weighted by Gasteiger charge is 2.29. The van der Waals surface area contributed by atoms with Crippen LogP contribution in [0.15, 0.2) is 33.7 Å². The molecular weight excluding hydrogens is 282 g/mol. The van der Waals surface area contributed by atoms with Crippen molar-refractivity contribution in [2.45, 2.75) is 49.3 Å². The summed E-state index contributed by atoms with van der Waals surface area (Å²) in [5.74, 6) is 2.91. The zero-order valence-electron chi connectivity index (χ0n) is 12.5. The maximum absolute atomic E-state index is 5.29. The Kier molecular flexibility index (Phi) is 4.60. The number of aromatic nitrogens is 2. The lowest BCUT2D eigenvalue weighted by Crippen LogP contribution is -2.17. The topological polar surface area (TPSA) is 51.0 Å². The standard InChI is InChI=1S/C16H21N3OS/c1-3-17-11(2)13-5-4-6-14(9-13)21-10-15-18-16(20-19-15)12-7-8-12/h4-6,9,11-12,17H,3,7-8,10H2,1-2H3. The molecule has 4 nitrogen and oxygen atoms in total. The molecule has 1 aromatic carbocycles. The molecule has 2 aromatic rings. The second kappa shape index (κ2) is 6.62. The summed E-state index contributed by atoms with van der Waals surface area (Å²) in [6.07, 6.45) is 2.39. The van der Waals surface area contributed by atoms with Gasteiger partial charge < -0.3 is 9.84 Å². The predicted octanol–water partition coefficient (Wildman–Crippen LogP) is 3.91. The van der Waals surface area contributed by atoms with Crippen LogP contribution in [-0.4, -0.2) is 16.7 Å². The van der Waals surface area contributed by atoms with E-state index >= 15 is 0 Å². The molecule has 1 aliphatic carbocycles. The van der Waals surface area contributed by atoms with Crippen LogP contribution in [0.25, 0.3) is 0 Å². The Balaban J connectivity index is 1.60. The van der Waals surface area contributed by atoms with Gasteiger partial charge in [-0.1, -0.05) is 24.2 Å². The molecular formula is C16H21N3OS. The van der Waals surface area contributed by atoms with Gasteiger partial charge in [0.15, 0.2) is 5.82 Å². The zero-order valence-corrected chi connectivity index (χ0v) is 13.3. The average Bonchev–Trinajstić information content (AvgIpc) is 3.25. The molecule has 1 aromatic heterocycles. The third kappa shape index (κ3) is 3.86. The molecule has 0 bridgehead atoms. The number of thioether (sulfide) groups is 1. The molecule has 1 N–H and O–H groups in total. The van der Waals surface area contributed by atoms with Crippen LogP contribution in [0.3, 0.4) is 0 Å². The molecule has 1 atom stereocenters. The fourth-order valence-electron chi connectivity index (χ4n) is 2.27. The second-order valence-electron chi connectivity index (χ2n) is 5.46. The van der Waals surface area contributed by atoms with E-state index < -0.39 is 0 Å². The Morgan fingerprint density at radius 2 is 2.29 bits per heavy atom.